The Labute approximate surface area is 214 Å². The Hall–Kier alpha value is -3.84. The summed E-state index contributed by atoms with van der Waals surface area (Å²) in [7, 11) is -0.521. The van der Waals surface area contributed by atoms with Crippen LogP contribution in [-0.2, 0) is 17.1 Å². The van der Waals surface area contributed by atoms with Gasteiger partial charge in [-0.1, -0.05) is 71.4 Å². The molecule has 2 heterocycles. The summed E-state index contributed by atoms with van der Waals surface area (Å²) in [6.45, 7) is 0.790. The number of hydrogen-bond donors (Lipinski definition) is 3. The van der Waals surface area contributed by atoms with Crippen molar-refractivity contribution in [3.63, 3.8) is 0 Å². The molecule has 0 aliphatic carbocycles. The summed E-state index contributed by atoms with van der Waals surface area (Å²) in [5.74, 6) is 2.34. The Morgan fingerprint density at radius 3 is 2.64 bits per heavy atom. The third-order valence-corrected chi connectivity index (χ3v) is 7.75. The van der Waals surface area contributed by atoms with E-state index in [0.717, 1.165) is 63.8 Å². The number of aryl methyl sites for hydroxylation is 1. The van der Waals surface area contributed by atoms with E-state index in [1.165, 1.54) is 0 Å². The molecule has 1 atom stereocenters. The molecule has 1 aliphatic heterocycles. The number of carbonyl (C=O) groups is 1. The van der Waals surface area contributed by atoms with E-state index < -0.39 is 10.7 Å². The van der Waals surface area contributed by atoms with E-state index in [1.54, 1.807) is 0 Å². The zero-order valence-electron chi connectivity index (χ0n) is 20.0. The number of benzene rings is 3. The number of ketones is 1. The van der Waals surface area contributed by atoms with Crippen molar-refractivity contribution in [3.05, 3.63) is 96.2 Å². The Morgan fingerprint density at radius 2 is 1.81 bits per heavy atom. The zero-order valence-corrected chi connectivity index (χ0v) is 20.9. The normalized spacial score (nSPS) is 15.4. The highest BCUT2D eigenvalue weighted by atomic mass is 32.2. The Morgan fingerprint density at radius 1 is 0.972 bits per heavy atom. The lowest BCUT2D eigenvalue weighted by Crippen LogP contribution is -2.08. The van der Waals surface area contributed by atoms with E-state index >= 15 is 0 Å². The van der Waals surface area contributed by atoms with Crippen molar-refractivity contribution in [2.75, 3.05) is 22.9 Å². The minimum absolute atomic E-state index is 0.161. The number of rotatable bonds is 5. The topological polar surface area (TPSA) is 90.8 Å². The van der Waals surface area contributed by atoms with E-state index in [4.69, 9.17) is 9.76 Å². The van der Waals surface area contributed by atoms with Gasteiger partial charge in [-0.25, -0.2) is 4.98 Å². The highest BCUT2D eigenvalue weighted by Gasteiger charge is 2.12. The molecule has 182 valence electrons. The van der Waals surface area contributed by atoms with Crippen LogP contribution in [-0.4, -0.2) is 28.0 Å². The molecule has 0 amide bonds. The molecular formula is C29H29N5OS. The monoisotopic (exact) mass is 495 g/mol. The van der Waals surface area contributed by atoms with Crippen molar-refractivity contribution in [2.45, 2.75) is 30.6 Å². The molecule has 5 rings (SSSR count). The van der Waals surface area contributed by atoms with E-state index in [1.807, 2.05) is 60.8 Å². The van der Waals surface area contributed by atoms with Gasteiger partial charge in [0.15, 0.2) is 5.78 Å². The fraction of sp³-hybridized carbons (Fsp3) is 0.207. The van der Waals surface area contributed by atoms with Crippen LogP contribution in [0.25, 0.3) is 11.1 Å². The van der Waals surface area contributed by atoms with Gasteiger partial charge in [0.2, 0.25) is 5.95 Å². The largest absolute Gasteiger partial charge is 0.369 e. The first-order valence-electron chi connectivity index (χ1n) is 12.2. The van der Waals surface area contributed by atoms with Crippen molar-refractivity contribution >= 4 is 33.9 Å². The maximum atomic E-state index is 12.4. The summed E-state index contributed by atoms with van der Waals surface area (Å²) in [6.07, 6.45) is 5.00. The van der Waals surface area contributed by atoms with Crippen LogP contribution in [0.15, 0.2) is 90.0 Å². The third-order valence-electron chi connectivity index (χ3n) is 6.23. The number of hydrogen-bond acceptors (Lipinski definition) is 6. The minimum atomic E-state index is -0.521. The molecular weight excluding hydrogens is 466 g/mol. The average molecular weight is 496 g/mol. The smallest absolute Gasteiger partial charge is 0.229 e. The minimum Gasteiger partial charge on any atom is -0.369 e. The van der Waals surface area contributed by atoms with E-state index in [2.05, 4.69) is 39.9 Å². The number of carbonyl (C=O) groups excluding carboxylic acids is 1. The van der Waals surface area contributed by atoms with Gasteiger partial charge in [-0.3, -0.25) is 9.57 Å². The second-order valence-electron chi connectivity index (χ2n) is 8.82. The van der Waals surface area contributed by atoms with Crippen molar-refractivity contribution in [3.8, 4) is 11.1 Å². The molecule has 0 saturated carbocycles. The highest BCUT2D eigenvalue weighted by Crippen LogP contribution is 2.29. The predicted molar refractivity (Wildman–Crippen MR) is 147 cm³/mol. The molecule has 6 nitrogen and oxygen atoms in total. The van der Waals surface area contributed by atoms with Crippen LogP contribution in [0.1, 0.15) is 35.2 Å². The number of fused-ring (bicyclic) bond motifs is 4. The Balaban J connectivity index is 1.34. The van der Waals surface area contributed by atoms with Crippen LogP contribution >= 0.6 is 0 Å². The van der Waals surface area contributed by atoms with E-state index in [0.29, 0.717) is 18.8 Å². The summed E-state index contributed by atoms with van der Waals surface area (Å²) < 4.78 is 8.49. The van der Waals surface area contributed by atoms with Gasteiger partial charge in [-0.05, 0) is 48.6 Å². The summed E-state index contributed by atoms with van der Waals surface area (Å²) in [5, 5.41) is 6.79. The molecule has 0 fully saturated rings. The molecule has 4 aromatic rings. The summed E-state index contributed by atoms with van der Waals surface area (Å²) in [4.78, 5) is 22.8. The van der Waals surface area contributed by atoms with Crippen molar-refractivity contribution < 1.29 is 4.79 Å². The first kappa shape index (κ1) is 23.9. The summed E-state index contributed by atoms with van der Waals surface area (Å²) in [5.41, 5.74) is 4.75. The van der Waals surface area contributed by atoms with Crippen molar-refractivity contribution in [2.24, 2.45) is 0 Å². The van der Waals surface area contributed by atoms with Gasteiger partial charge in [0, 0.05) is 46.6 Å². The molecule has 3 N–H and O–H groups in total. The van der Waals surface area contributed by atoms with Crippen LogP contribution in [0.3, 0.4) is 0 Å². The van der Waals surface area contributed by atoms with Gasteiger partial charge >= 0.3 is 0 Å². The number of nitrogens with one attached hydrogen (secondary N) is 3. The number of Topliss-reactive ketones (excluding diaryl/α,β-unsaturated/α-hetero) is 1. The standard InChI is InChI=1S/C29H29N5OS/c30-36-18-5-4-17-31-28-26(20-32-29(34-28)33-24-9-6-10-25(36)19-24)22-14-11-21(12-15-22)13-16-27(35)23-7-2-1-3-8-23/h1-3,6-12,14-15,19-20,30H,4-5,13,16-18H2,(H2,31,32,33,34). The lowest BCUT2D eigenvalue weighted by Gasteiger charge is -2.13. The van der Waals surface area contributed by atoms with Gasteiger partial charge in [0.25, 0.3) is 0 Å². The lowest BCUT2D eigenvalue weighted by molar-refractivity contribution is 0.0983. The number of aromatic nitrogens is 2. The molecule has 3 aromatic carbocycles. The first-order chi connectivity index (χ1) is 17.7. The number of nitrogens with zero attached hydrogens (tertiary/aromatic N) is 2. The predicted octanol–water partition coefficient (Wildman–Crippen LogP) is 6.65. The highest BCUT2D eigenvalue weighted by molar-refractivity contribution is 7.86. The fourth-order valence-electron chi connectivity index (χ4n) is 4.22. The maximum absolute atomic E-state index is 12.4. The summed E-state index contributed by atoms with van der Waals surface area (Å²) >= 11 is 0. The lowest BCUT2D eigenvalue weighted by atomic mass is 10.0. The van der Waals surface area contributed by atoms with E-state index in [9.17, 15) is 4.79 Å². The van der Waals surface area contributed by atoms with Crippen molar-refractivity contribution in [1.29, 1.82) is 4.78 Å². The molecule has 0 saturated heterocycles. The fourth-order valence-corrected chi connectivity index (χ4v) is 5.46. The van der Waals surface area contributed by atoms with Crippen LogP contribution in [0, 0.1) is 4.78 Å². The molecule has 1 unspecified atom stereocenters. The van der Waals surface area contributed by atoms with Gasteiger partial charge in [0.1, 0.15) is 5.82 Å². The van der Waals surface area contributed by atoms with Crippen LogP contribution in [0.5, 0.6) is 0 Å². The molecule has 36 heavy (non-hydrogen) atoms. The molecule has 4 bridgehead atoms. The SMILES string of the molecule is N=S1CCCCNc2nc(ncc2-c2ccc(CCC(=O)c3ccccc3)cc2)Nc2cccc1c2. The zero-order chi connectivity index (χ0) is 24.7. The summed E-state index contributed by atoms with van der Waals surface area (Å²) in [6, 6.07) is 25.8. The van der Waals surface area contributed by atoms with Gasteiger partial charge < -0.3 is 10.6 Å². The Kier molecular flexibility index (Phi) is 7.47. The molecule has 1 aliphatic rings. The van der Waals surface area contributed by atoms with Crippen LogP contribution in [0.4, 0.5) is 17.5 Å². The molecule has 0 spiro atoms. The molecule has 1 aromatic heterocycles. The third kappa shape index (κ3) is 5.86. The molecule has 0 radical (unpaired) electrons. The number of anilines is 3. The van der Waals surface area contributed by atoms with Gasteiger partial charge in [-0.2, -0.15) is 4.98 Å². The van der Waals surface area contributed by atoms with Crippen molar-refractivity contribution in [1.82, 2.24) is 9.97 Å². The quantitative estimate of drug-likeness (QED) is 0.270. The van der Waals surface area contributed by atoms with E-state index in [-0.39, 0.29) is 5.78 Å². The second-order valence-corrected chi connectivity index (χ2v) is 10.5. The first-order valence-corrected chi connectivity index (χ1v) is 13.6. The van der Waals surface area contributed by atoms with Crippen LogP contribution in [0.2, 0.25) is 0 Å². The average Bonchev–Trinajstić information content (AvgIpc) is 2.92. The molecule has 7 heteroatoms. The Bertz CT molecular complexity index is 1370. The second kappa shape index (κ2) is 11.3. The maximum Gasteiger partial charge on any atom is 0.229 e. The van der Waals surface area contributed by atoms with Gasteiger partial charge in [-0.15, -0.1) is 0 Å². The van der Waals surface area contributed by atoms with Gasteiger partial charge in [0.05, 0.1) is 0 Å². The van der Waals surface area contributed by atoms with Crippen LogP contribution < -0.4 is 10.6 Å².